The van der Waals surface area contributed by atoms with Gasteiger partial charge in [-0.05, 0) is 17.4 Å². The standard InChI is InChI=1S/C12H18N2S2/c1-9(2)11-8-16-12(14-11)13-6-5-10-4-3-7-15-10/h3-4,7,9,11H,5-6,8H2,1-2H3,(H,13,14). The van der Waals surface area contributed by atoms with Gasteiger partial charge in [-0.15, -0.1) is 11.3 Å². The van der Waals surface area contributed by atoms with Crippen LogP contribution in [0.15, 0.2) is 22.5 Å². The second-order valence-electron chi connectivity index (χ2n) is 4.32. The zero-order valence-corrected chi connectivity index (χ0v) is 11.4. The maximum atomic E-state index is 4.61. The first-order chi connectivity index (χ1) is 7.75. The highest BCUT2D eigenvalue weighted by Gasteiger charge is 2.22. The largest absolute Gasteiger partial charge is 0.361 e. The monoisotopic (exact) mass is 254 g/mol. The normalized spacial score (nSPS) is 22.9. The van der Waals surface area contributed by atoms with Crippen molar-refractivity contribution in [1.29, 1.82) is 0 Å². The first-order valence-electron chi connectivity index (χ1n) is 5.72. The summed E-state index contributed by atoms with van der Waals surface area (Å²) in [4.78, 5) is 6.03. The summed E-state index contributed by atoms with van der Waals surface area (Å²) in [6.07, 6.45) is 1.07. The Kier molecular flexibility index (Phi) is 4.29. The molecule has 1 saturated heterocycles. The fourth-order valence-electron chi connectivity index (χ4n) is 1.58. The summed E-state index contributed by atoms with van der Waals surface area (Å²) >= 11 is 3.67. The van der Waals surface area contributed by atoms with Gasteiger partial charge in [-0.1, -0.05) is 31.7 Å². The van der Waals surface area contributed by atoms with E-state index >= 15 is 0 Å². The quantitative estimate of drug-likeness (QED) is 0.893. The van der Waals surface area contributed by atoms with Crippen LogP contribution in [0.2, 0.25) is 0 Å². The van der Waals surface area contributed by atoms with Crippen molar-refractivity contribution in [1.82, 2.24) is 5.32 Å². The lowest BCUT2D eigenvalue weighted by Crippen LogP contribution is -2.31. The molecule has 2 nitrogen and oxygen atoms in total. The lowest BCUT2D eigenvalue weighted by Gasteiger charge is -2.12. The van der Waals surface area contributed by atoms with Crippen LogP contribution in [0.1, 0.15) is 18.7 Å². The third kappa shape index (κ3) is 3.25. The predicted molar refractivity (Wildman–Crippen MR) is 74.5 cm³/mol. The van der Waals surface area contributed by atoms with E-state index in [0.29, 0.717) is 12.0 Å². The molecule has 1 aliphatic heterocycles. The Bertz CT molecular complexity index is 344. The van der Waals surface area contributed by atoms with Crippen molar-refractivity contribution >= 4 is 28.3 Å². The lowest BCUT2D eigenvalue weighted by molar-refractivity contribution is 0.503. The van der Waals surface area contributed by atoms with E-state index in [2.05, 4.69) is 41.7 Å². The van der Waals surface area contributed by atoms with Gasteiger partial charge >= 0.3 is 0 Å². The number of thiophene rings is 1. The van der Waals surface area contributed by atoms with Crippen molar-refractivity contribution in [2.45, 2.75) is 26.3 Å². The molecule has 1 aromatic rings. The number of thioether (sulfide) groups is 1. The summed E-state index contributed by atoms with van der Waals surface area (Å²) in [7, 11) is 0. The van der Waals surface area contributed by atoms with Gasteiger partial charge in [0, 0.05) is 29.6 Å². The van der Waals surface area contributed by atoms with Gasteiger partial charge in [0.15, 0.2) is 5.17 Å². The van der Waals surface area contributed by atoms with Crippen LogP contribution in [-0.4, -0.2) is 23.5 Å². The molecule has 0 aromatic carbocycles. The second-order valence-corrected chi connectivity index (χ2v) is 6.36. The highest BCUT2D eigenvalue weighted by atomic mass is 32.2. The van der Waals surface area contributed by atoms with Crippen LogP contribution in [0.3, 0.4) is 0 Å². The minimum Gasteiger partial charge on any atom is -0.361 e. The molecule has 2 heterocycles. The number of amidine groups is 1. The van der Waals surface area contributed by atoms with E-state index < -0.39 is 0 Å². The highest BCUT2D eigenvalue weighted by molar-refractivity contribution is 8.14. The van der Waals surface area contributed by atoms with E-state index in [9.17, 15) is 0 Å². The molecule has 88 valence electrons. The number of nitrogens with zero attached hydrogens (tertiary/aromatic N) is 1. The van der Waals surface area contributed by atoms with E-state index in [1.54, 1.807) is 0 Å². The Balaban J connectivity index is 1.77. The molecule has 16 heavy (non-hydrogen) atoms. The van der Waals surface area contributed by atoms with Crippen molar-refractivity contribution in [3.05, 3.63) is 22.4 Å². The van der Waals surface area contributed by atoms with Crippen molar-refractivity contribution in [3.8, 4) is 0 Å². The molecule has 1 atom stereocenters. The maximum absolute atomic E-state index is 4.61. The summed E-state index contributed by atoms with van der Waals surface area (Å²) in [5.41, 5.74) is 0. The molecular formula is C12H18N2S2. The van der Waals surface area contributed by atoms with E-state index in [-0.39, 0.29) is 0 Å². The first kappa shape index (κ1) is 12.0. The van der Waals surface area contributed by atoms with Crippen molar-refractivity contribution in [3.63, 3.8) is 0 Å². The van der Waals surface area contributed by atoms with Crippen molar-refractivity contribution in [2.75, 3.05) is 12.3 Å². The van der Waals surface area contributed by atoms with Crippen LogP contribution >= 0.6 is 23.1 Å². The molecule has 0 spiro atoms. The summed E-state index contributed by atoms with van der Waals surface area (Å²) in [5, 5.41) is 6.75. The number of nitrogens with one attached hydrogen (secondary N) is 1. The zero-order chi connectivity index (χ0) is 11.4. The summed E-state index contributed by atoms with van der Waals surface area (Å²) in [6, 6.07) is 4.88. The highest BCUT2D eigenvalue weighted by Crippen LogP contribution is 2.19. The van der Waals surface area contributed by atoms with Crippen LogP contribution in [0.4, 0.5) is 0 Å². The Hall–Kier alpha value is -0.480. The van der Waals surface area contributed by atoms with Gasteiger partial charge in [-0.25, -0.2) is 0 Å². The van der Waals surface area contributed by atoms with Gasteiger partial charge in [-0.2, -0.15) is 0 Å². The first-order valence-corrected chi connectivity index (χ1v) is 7.58. The third-order valence-corrected chi connectivity index (χ3v) is 4.69. The SMILES string of the molecule is CC(C)C1CSC(=NCCc2cccs2)N1. The molecule has 1 fully saturated rings. The Morgan fingerprint density at radius 1 is 1.56 bits per heavy atom. The van der Waals surface area contributed by atoms with E-state index in [1.807, 2.05) is 23.1 Å². The lowest BCUT2D eigenvalue weighted by atomic mass is 10.1. The van der Waals surface area contributed by atoms with Gasteiger partial charge < -0.3 is 5.32 Å². The smallest absolute Gasteiger partial charge is 0.156 e. The summed E-state index contributed by atoms with van der Waals surface area (Å²) in [5.74, 6) is 1.85. The van der Waals surface area contributed by atoms with Crippen LogP contribution in [0.25, 0.3) is 0 Å². The van der Waals surface area contributed by atoms with Crippen LogP contribution < -0.4 is 5.32 Å². The minimum absolute atomic E-state index is 0.602. The molecule has 0 radical (unpaired) electrons. The Morgan fingerprint density at radius 2 is 2.44 bits per heavy atom. The van der Waals surface area contributed by atoms with Crippen molar-refractivity contribution < 1.29 is 0 Å². The zero-order valence-electron chi connectivity index (χ0n) is 9.77. The third-order valence-electron chi connectivity index (χ3n) is 2.71. The average Bonchev–Trinajstić information content (AvgIpc) is 2.87. The van der Waals surface area contributed by atoms with E-state index in [1.165, 1.54) is 4.88 Å². The predicted octanol–water partition coefficient (Wildman–Crippen LogP) is 3.01. The van der Waals surface area contributed by atoms with Crippen LogP contribution in [0, 0.1) is 5.92 Å². The van der Waals surface area contributed by atoms with Crippen LogP contribution in [0.5, 0.6) is 0 Å². The van der Waals surface area contributed by atoms with Gasteiger partial charge in [0.2, 0.25) is 0 Å². The molecular weight excluding hydrogens is 236 g/mol. The summed E-state index contributed by atoms with van der Waals surface area (Å²) in [6.45, 7) is 5.42. The van der Waals surface area contributed by atoms with E-state index in [4.69, 9.17) is 0 Å². The Morgan fingerprint density at radius 3 is 3.06 bits per heavy atom. The van der Waals surface area contributed by atoms with E-state index in [0.717, 1.165) is 23.9 Å². The average molecular weight is 254 g/mol. The molecule has 1 aliphatic rings. The number of aliphatic imine (C=N–C) groups is 1. The van der Waals surface area contributed by atoms with Gasteiger partial charge in [0.05, 0.1) is 0 Å². The molecule has 0 saturated carbocycles. The Labute approximate surface area is 106 Å². The van der Waals surface area contributed by atoms with Crippen molar-refractivity contribution in [2.24, 2.45) is 10.9 Å². The number of hydrogen-bond donors (Lipinski definition) is 1. The second kappa shape index (κ2) is 5.73. The van der Waals surface area contributed by atoms with Gasteiger partial charge in [0.1, 0.15) is 0 Å². The molecule has 2 rings (SSSR count). The molecule has 4 heteroatoms. The molecule has 0 aliphatic carbocycles. The molecule has 1 unspecified atom stereocenters. The van der Waals surface area contributed by atoms with Crippen LogP contribution in [-0.2, 0) is 6.42 Å². The number of hydrogen-bond acceptors (Lipinski definition) is 3. The molecule has 0 bridgehead atoms. The minimum atomic E-state index is 0.602. The molecule has 0 amide bonds. The topological polar surface area (TPSA) is 24.4 Å². The maximum Gasteiger partial charge on any atom is 0.156 e. The fourth-order valence-corrected chi connectivity index (χ4v) is 3.50. The van der Waals surface area contributed by atoms with Gasteiger partial charge in [-0.3, -0.25) is 4.99 Å². The molecule has 1 aromatic heterocycles. The molecule has 1 N–H and O–H groups in total. The van der Waals surface area contributed by atoms with Gasteiger partial charge in [0.25, 0.3) is 0 Å². The fraction of sp³-hybridized carbons (Fsp3) is 0.583. The summed E-state index contributed by atoms with van der Waals surface area (Å²) < 4.78 is 0. The number of rotatable bonds is 4.